The number of thioether (sulfide) groups is 1. The van der Waals surface area contributed by atoms with E-state index in [1.165, 1.54) is 33.9 Å². The molecule has 0 amide bonds. The van der Waals surface area contributed by atoms with Gasteiger partial charge in [-0.3, -0.25) is 4.79 Å². The van der Waals surface area contributed by atoms with Crippen molar-refractivity contribution in [3.05, 3.63) is 70.7 Å². The van der Waals surface area contributed by atoms with Crippen LogP contribution in [0.3, 0.4) is 0 Å². The summed E-state index contributed by atoms with van der Waals surface area (Å²) in [6.07, 6.45) is 2.72. The molecule has 2 heterocycles. The lowest BCUT2D eigenvalue weighted by molar-refractivity contribution is 0.104. The van der Waals surface area contributed by atoms with E-state index in [1.807, 2.05) is 23.9 Å². The summed E-state index contributed by atoms with van der Waals surface area (Å²) in [5.74, 6) is 0.745. The number of aromatic nitrogens is 1. The first kappa shape index (κ1) is 19.2. The van der Waals surface area contributed by atoms with Crippen LogP contribution < -0.4 is 4.90 Å². The van der Waals surface area contributed by atoms with Gasteiger partial charge < -0.3 is 4.90 Å². The van der Waals surface area contributed by atoms with E-state index in [1.54, 1.807) is 18.3 Å². The molecule has 0 aliphatic carbocycles. The van der Waals surface area contributed by atoms with Crippen molar-refractivity contribution in [1.29, 1.82) is 0 Å². The molecule has 0 radical (unpaired) electrons. The minimum atomic E-state index is -3.36. The Morgan fingerprint density at radius 1 is 1.14 bits per heavy atom. The Labute approximate surface area is 172 Å². The normalized spacial score (nSPS) is 14.4. The fraction of sp³-hybridized carbons (Fsp3) is 0.200. The number of hydrogen-bond donors (Lipinski definition) is 0. The Morgan fingerprint density at radius 3 is 2.79 bits per heavy atom. The van der Waals surface area contributed by atoms with E-state index in [0.717, 1.165) is 30.2 Å². The molecule has 0 atom stereocenters. The lowest BCUT2D eigenvalue weighted by atomic mass is 10.1. The highest BCUT2D eigenvalue weighted by atomic mass is 32.2. The third kappa shape index (κ3) is 3.99. The Hall–Kier alpha value is -2.16. The summed E-state index contributed by atoms with van der Waals surface area (Å²) in [5.41, 5.74) is 1.61. The van der Waals surface area contributed by atoms with Crippen LogP contribution in [0.1, 0.15) is 20.8 Å². The van der Waals surface area contributed by atoms with Gasteiger partial charge in [-0.1, -0.05) is 41.7 Å². The van der Waals surface area contributed by atoms with Crippen molar-refractivity contribution in [2.45, 2.75) is 16.3 Å². The van der Waals surface area contributed by atoms with Crippen molar-refractivity contribution in [3.63, 3.8) is 0 Å². The summed E-state index contributed by atoms with van der Waals surface area (Å²) >= 11 is 3.18. The molecule has 0 fully saturated rings. The summed E-state index contributed by atoms with van der Waals surface area (Å²) in [5, 5.41) is 0.805. The van der Waals surface area contributed by atoms with E-state index >= 15 is 0 Å². The summed E-state index contributed by atoms with van der Waals surface area (Å²) in [6.45, 7) is 1.61. The maximum absolute atomic E-state index is 12.8. The zero-order chi connectivity index (χ0) is 19.7. The van der Waals surface area contributed by atoms with Gasteiger partial charge in [0.15, 0.2) is 15.0 Å². The highest BCUT2D eigenvalue weighted by Crippen LogP contribution is 2.32. The largest absolute Gasteiger partial charge is 0.343 e. The molecule has 5 nitrogen and oxygen atoms in total. The average molecular weight is 431 g/mol. The van der Waals surface area contributed by atoms with Gasteiger partial charge in [-0.05, 0) is 23.8 Å². The van der Waals surface area contributed by atoms with Crippen LogP contribution in [0.4, 0.5) is 5.13 Å². The molecular formula is C20H18N2O3S3. The molecule has 1 aromatic heterocycles. The zero-order valence-electron chi connectivity index (χ0n) is 15.2. The summed E-state index contributed by atoms with van der Waals surface area (Å²) < 4.78 is 23.5. The molecule has 28 heavy (non-hydrogen) atoms. The lowest BCUT2D eigenvalue weighted by Crippen LogP contribution is -2.23. The smallest absolute Gasteiger partial charge is 0.204 e. The van der Waals surface area contributed by atoms with Gasteiger partial charge >= 0.3 is 0 Å². The molecule has 2 aromatic carbocycles. The van der Waals surface area contributed by atoms with Crippen LogP contribution in [0, 0.1) is 0 Å². The fourth-order valence-electron chi connectivity index (χ4n) is 3.02. The number of thiazole rings is 1. The van der Waals surface area contributed by atoms with Gasteiger partial charge in [-0.15, -0.1) is 11.8 Å². The second-order valence-corrected chi connectivity index (χ2v) is 10.7. The van der Waals surface area contributed by atoms with E-state index in [0.29, 0.717) is 10.4 Å². The first-order valence-electron chi connectivity index (χ1n) is 8.68. The molecule has 8 heteroatoms. The van der Waals surface area contributed by atoms with Crippen molar-refractivity contribution in [3.8, 4) is 0 Å². The van der Waals surface area contributed by atoms with E-state index < -0.39 is 9.84 Å². The minimum Gasteiger partial charge on any atom is -0.343 e. The minimum absolute atomic E-state index is 0.143. The van der Waals surface area contributed by atoms with Gasteiger partial charge in [-0.2, -0.15) is 0 Å². The number of nitrogens with zero attached hydrogens (tertiary/aromatic N) is 2. The Kier molecular flexibility index (Phi) is 5.27. The van der Waals surface area contributed by atoms with Crippen LogP contribution in [-0.2, 0) is 16.4 Å². The number of sulfone groups is 1. The molecule has 1 aliphatic rings. The van der Waals surface area contributed by atoms with E-state index in [2.05, 4.69) is 22.0 Å². The summed E-state index contributed by atoms with van der Waals surface area (Å²) in [6, 6.07) is 14.5. The molecule has 0 spiro atoms. The molecule has 144 valence electrons. The second kappa shape index (κ2) is 7.69. The monoisotopic (exact) mass is 430 g/mol. The number of fused-ring (bicyclic) bond motifs is 1. The summed E-state index contributed by atoms with van der Waals surface area (Å²) in [4.78, 5) is 21.4. The molecule has 3 aromatic rings. The molecule has 0 saturated carbocycles. The molecular weight excluding hydrogens is 412 g/mol. The van der Waals surface area contributed by atoms with Crippen molar-refractivity contribution >= 4 is 43.9 Å². The first-order valence-corrected chi connectivity index (χ1v) is 12.4. The van der Waals surface area contributed by atoms with Crippen molar-refractivity contribution in [2.24, 2.45) is 0 Å². The number of hydrogen-bond acceptors (Lipinski definition) is 7. The van der Waals surface area contributed by atoms with Crippen LogP contribution in [0.25, 0.3) is 0 Å². The average Bonchev–Trinajstić information content (AvgIpc) is 3.07. The molecule has 0 unspecified atom stereocenters. The van der Waals surface area contributed by atoms with Crippen LogP contribution in [0.15, 0.2) is 64.5 Å². The predicted octanol–water partition coefficient (Wildman–Crippen LogP) is 3.89. The van der Waals surface area contributed by atoms with Crippen LogP contribution in [0.5, 0.6) is 0 Å². The quantitative estimate of drug-likeness (QED) is 0.585. The van der Waals surface area contributed by atoms with Gasteiger partial charge in [0, 0.05) is 35.6 Å². The van der Waals surface area contributed by atoms with Gasteiger partial charge in [0.05, 0.1) is 16.0 Å². The Bertz CT molecular complexity index is 1140. The van der Waals surface area contributed by atoms with E-state index in [4.69, 9.17) is 0 Å². The summed E-state index contributed by atoms with van der Waals surface area (Å²) in [7, 11) is -3.36. The third-order valence-electron chi connectivity index (χ3n) is 4.46. The van der Waals surface area contributed by atoms with Gasteiger partial charge in [-0.25, -0.2) is 13.4 Å². The molecule has 1 aliphatic heterocycles. The SMILES string of the molecule is CS(=O)(=O)c1cccc(C(=O)c2cnc(N3CCSc4ccccc4C3)s2)c1. The second-order valence-electron chi connectivity index (χ2n) is 6.51. The van der Waals surface area contributed by atoms with Crippen molar-refractivity contribution < 1.29 is 13.2 Å². The predicted molar refractivity (Wildman–Crippen MR) is 113 cm³/mol. The number of anilines is 1. The van der Waals surface area contributed by atoms with Crippen LogP contribution >= 0.6 is 23.1 Å². The maximum atomic E-state index is 12.8. The lowest BCUT2D eigenvalue weighted by Gasteiger charge is -2.19. The van der Waals surface area contributed by atoms with Crippen LogP contribution in [-0.4, -0.2) is 37.7 Å². The number of carbonyl (C=O) groups is 1. The number of ketones is 1. The zero-order valence-corrected chi connectivity index (χ0v) is 17.6. The topological polar surface area (TPSA) is 67.3 Å². The van der Waals surface area contributed by atoms with Crippen molar-refractivity contribution in [1.82, 2.24) is 4.98 Å². The Morgan fingerprint density at radius 2 is 1.96 bits per heavy atom. The van der Waals surface area contributed by atoms with Gasteiger partial charge in [0.1, 0.15) is 0 Å². The molecule has 0 saturated heterocycles. The van der Waals surface area contributed by atoms with Gasteiger partial charge in [0.2, 0.25) is 5.78 Å². The van der Waals surface area contributed by atoms with Crippen LogP contribution in [0.2, 0.25) is 0 Å². The standard InChI is InChI=1S/C20H18N2O3S3/c1-28(24,25)16-7-4-6-14(11-16)19(23)18-12-21-20(27-18)22-9-10-26-17-8-3-2-5-15(17)13-22/h2-8,11-12H,9-10,13H2,1H3. The first-order chi connectivity index (χ1) is 13.4. The molecule has 0 bridgehead atoms. The molecule has 4 rings (SSSR count). The number of carbonyl (C=O) groups excluding carboxylic acids is 1. The van der Waals surface area contributed by atoms with E-state index in [-0.39, 0.29) is 10.7 Å². The molecule has 0 N–H and O–H groups in total. The Balaban J connectivity index is 1.59. The number of rotatable bonds is 4. The fourth-order valence-corrected chi connectivity index (χ4v) is 5.61. The van der Waals surface area contributed by atoms with Crippen molar-refractivity contribution in [2.75, 3.05) is 23.5 Å². The highest BCUT2D eigenvalue weighted by molar-refractivity contribution is 7.99. The highest BCUT2D eigenvalue weighted by Gasteiger charge is 2.20. The van der Waals surface area contributed by atoms with E-state index in [9.17, 15) is 13.2 Å². The number of benzene rings is 2. The third-order valence-corrected chi connectivity index (χ3v) is 7.73. The maximum Gasteiger partial charge on any atom is 0.204 e. The van der Waals surface area contributed by atoms with Gasteiger partial charge in [0.25, 0.3) is 0 Å².